The number of nitrogens with two attached hydrogens (primary N) is 1. The third kappa shape index (κ3) is 1.35. The summed E-state index contributed by atoms with van der Waals surface area (Å²) in [4.78, 5) is 0. The largest absolute Gasteiger partial charge is 0.321 e. The Labute approximate surface area is 87.1 Å². The van der Waals surface area contributed by atoms with Crippen molar-refractivity contribution in [2.24, 2.45) is 17.6 Å². The topological polar surface area (TPSA) is 26.0 Å². The molecule has 0 radical (unpaired) electrons. The summed E-state index contributed by atoms with van der Waals surface area (Å²) in [5.74, 6) is 1.28. The zero-order chi connectivity index (χ0) is 10.2. The molecule has 78 valence electrons. The van der Waals surface area contributed by atoms with E-state index in [0.717, 1.165) is 0 Å². The van der Waals surface area contributed by atoms with Crippen molar-refractivity contribution in [1.82, 2.24) is 0 Å². The van der Waals surface area contributed by atoms with Crippen LogP contribution in [0.1, 0.15) is 39.5 Å². The van der Waals surface area contributed by atoms with Gasteiger partial charge in [0.1, 0.15) is 0 Å². The fourth-order valence-electron chi connectivity index (χ4n) is 3.20. The summed E-state index contributed by atoms with van der Waals surface area (Å²) in [6.45, 7) is 4.56. The Morgan fingerprint density at radius 1 is 1.57 bits per heavy atom. The molecular formula is C13H21N. The van der Waals surface area contributed by atoms with Crippen LogP contribution in [-0.4, -0.2) is 5.54 Å². The van der Waals surface area contributed by atoms with E-state index in [4.69, 9.17) is 5.73 Å². The molecule has 0 bridgehead atoms. The minimum absolute atomic E-state index is 0.0127. The molecular weight excluding hydrogens is 170 g/mol. The van der Waals surface area contributed by atoms with Crippen LogP contribution >= 0.6 is 0 Å². The van der Waals surface area contributed by atoms with Crippen LogP contribution in [-0.2, 0) is 0 Å². The molecule has 0 heterocycles. The van der Waals surface area contributed by atoms with E-state index in [-0.39, 0.29) is 5.54 Å². The van der Waals surface area contributed by atoms with E-state index in [9.17, 15) is 0 Å². The zero-order valence-electron chi connectivity index (χ0n) is 9.29. The zero-order valence-corrected chi connectivity index (χ0v) is 9.29. The molecule has 3 unspecified atom stereocenters. The van der Waals surface area contributed by atoms with Gasteiger partial charge in [0.2, 0.25) is 0 Å². The second-order valence-electron chi connectivity index (χ2n) is 4.83. The van der Waals surface area contributed by atoms with Crippen LogP contribution < -0.4 is 5.73 Å². The third-order valence-corrected chi connectivity index (χ3v) is 4.01. The molecule has 0 aromatic heterocycles. The molecule has 3 atom stereocenters. The number of hydrogen-bond acceptors (Lipinski definition) is 1. The van der Waals surface area contributed by atoms with Crippen LogP contribution in [0.3, 0.4) is 0 Å². The highest BCUT2D eigenvalue weighted by Gasteiger charge is 2.41. The van der Waals surface area contributed by atoms with Gasteiger partial charge in [-0.25, -0.2) is 0 Å². The van der Waals surface area contributed by atoms with E-state index in [1.807, 2.05) is 0 Å². The summed E-state index contributed by atoms with van der Waals surface area (Å²) in [5.41, 5.74) is 7.97. The lowest BCUT2D eigenvalue weighted by atomic mass is 9.63. The van der Waals surface area contributed by atoms with Crippen molar-refractivity contribution in [3.8, 4) is 0 Å². The Morgan fingerprint density at radius 3 is 3.07 bits per heavy atom. The Hall–Kier alpha value is -0.560. The molecule has 0 fully saturated rings. The lowest BCUT2D eigenvalue weighted by molar-refractivity contribution is 0.222. The summed E-state index contributed by atoms with van der Waals surface area (Å²) in [5, 5.41) is 0. The molecule has 1 heteroatoms. The minimum Gasteiger partial charge on any atom is -0.321 e. The van der Waals surface area contributed by atoms with Gasteiger partial charge in [0.05, 0.1) is 0 Å². The second-order valence-corrected chi connectivity index (χ2v) is 4.83. The van der Waals surface area contributed by atoms with Crippen LogP contribution in [0, 0.1) is 11.8 Å². The maximum absolute atomic E-state index is 6.59. The van der Waals surface area contributed by atoms with Gasteiger partial charge in [0.15, 0.2) is 0 Å². The summed E-state index contributed by atoms with van der Waals surface area (Å²) < 4.78 is 0. The smallest absolute Gasteiger partial charge is 0.0440 e. The molecule has 0 aromatic carbocycles. The van der Waals surface area contributed by atoms with Crippen LogP contribution in [0.4, 0.5) is 0 Å². The lowest BCUT2D eigenvalue weighted by Gasteiger charge is -2.45. The van der Waals surface area contributed by atoms with Crippen molar-refractivity contribution >= 4 is 0 Å². The molecule has 1 nitrogen and oxygen atoms in total. The average molecular weight is 191 g/mol. The van der Waals surface area contributed by atoms with Crippen molar-refractivity contribution in [3.63, 3.8) is 0 Å². The second kappa shape index (κ2) is 3.54. The first-order valence-electron chi connectivity index (χ1n) is 5.86. The van der Waals surface area contributed by atoms with E-state index < -0.39 is 0 Å². The monoisotopic (exact) mass is 191 g/mol. The number of rotatable bonds is 1. The molecule has 2 N–H and O–H groups in total. The lowest BCUT2D eigenvalue weighted by Crippen LogP contribution is -2.53. The Balaban J connectivity index is 2.39. The summed E-state index contributed by atoms with van der Waals surface area (Å²) in [6, 6.07) is 0. The molecule has 0 saturated carbocycles. The molecule has 14 heavy (non-hydrogen) atoms. The minimum atomic E-state index is -0.0127. The van der Waals surface area contributed by atoms with Crippen molar-refractivity contribution in [1.29, 1.82) is 0 Å². The number of hydrogen-bond donors (Lipinski definition) is 1. The first kappa shape index (κ1) is 9.97. The number of fused-ring (bicyclic) bond motifs is 1. The average Bonchev–Trinajstić information content (AvgIpc) is 2.17. The SMILES string of the molecule is CCC1C(C)C=CC2=CCCCC21N. The van der Waals surface area contributed by atoms with E-state index in [1.165, 1.54) is 31.3 Å². The number of allylic oxidation sites excluding steroid dienone is 2. The van der Waals surface area contributed by atoms with Gasteiger partial charge in [-0.05, 0) is 36.7 Å². The fraction of sp³-hybridized carbons (Fsp3) is 0.692. The van der Waals surface area contributed by atoms with E-state index >= 15 is 0 Å². The normalized spacial score (nSPS) is 41.8. The molecule has 0 saturated heterocycles. The van der Waals surface area contributed by atoms with Gasteiger partial charge in [-0.3, -0.25) is 0 Å². The van der Waals surface area contributed by atoms with Crippen molar-refractivity contribution in [3.05, 3.63) is 23.8 Å². The maximum atomic E-state index is 6.59. The van der Waals surface area contributed by atoms with Gasteiger partial charge in [-0.1, -0.05) is 38.5 Å². The standard InChI is InChI=1S/C13H21N/c1-3-12-10(2)7-8-11-6-4-5-9-13(11,12)14/h6-8,10,12H,3-5,9,14H2,1-2H3. The van der Waals surface area contributed by atoms with Crippen molar-refractivity contribution in [2.45, 2.75) is 45.1 Å². The quantitative estimate of drug-likeness (QED) is 0.677. The van der Waals surface area contributed by atoms with E-state index in [0.29, 0.717) is 11.8 Å². The molecule has 0 amide bonds. The van der Waals surface area contributed by atoms with Gasteiger partial charge >= 0.3 is 0 Å². The summed E-state index contributed by atoms with van der Waals surface area (Å²) in [6.07, 6.45) is 11.8. The predicted octanol–water partition coefficient (Wildman–Crippen LogP) is 3.03. The summed E-state index contributed by atoms with van der Waals surface area (Å²) >= 11 is 0. The highest BCUT2D eigenvalue weighted by Crippen LogP contribution is 2.42. The van der Waals surface area contributed by atoms with Crippen molar-refractivity contribution < 1.29 is 0 Å². The molecule has 2 rings (SSSR count). The van der Waals surface area contributed by atoms with Gasteiger partial charge in [0.25, 0.3) is 0 Å². The fourth-order valence-corrected chi connectivity index (χ4v) is 3.20. The molecule has 2 aliphatic carbocycles. The van der Waals surface area contributed by atoms with Crippen LogP contribution in [0.2, 0.25) is 0 Å². The first-order chi connectivity index (χ1) is 6.68. The van der Waals surface area contributed by atoms with Crippen LogP contribution in [0.25, 0.3) is 0 Å². The maximum Gasteiger partial charge on any atom is 0.0440 e. The van der Waals surface area contributed by atoms with Crippen LogP contribution in [0.15, 0.2) is 23.8 Å². The van der Waals surface area contributed by atoms with Gasteiger partial charge in [0, 0.05) is 5.54 Å². The van der Waals surface area contributed by atoms with E-state index in [1.54, 1.807) is 0 Å². The highest BCUT2D eigenvalue weighted by atomic mass is 14.8. The third-order valence-electron chi connectivity index (χ3n) is 4.01. The van der Waals surface area contributed by atoms with Gasteiger partial charge in [-0.15, -0.1) is 0 Å². The molecule has 2 aliphatic rings. The van der Waals surface area contributed by atoms with Crippen molar-refractivity contribution in [2.75, 3.05) is 0 Å². The summed E-state index contributed by atoms with van der Waals surface area (Å²) in [7, 11) is 0. The Kier molecular flexibility index (Phi) is 2.52. The highest BCUT2D eigenvalue weighted by molar-refractivity contribution is 5.37. The Morgan fingerprint density at radius 2 is 2.36 bits per heavy atom. The predicted molar refractivity (Wildman–Crippen MR) is 60.9 cm³/mol. The van der Waals surface area contributed by atoms with Gasteiger partial charge in [-0.2, -0.15) is 0 Å². The van der Waals surface area contributed by atoms with Gasteiger partial charge < -0.3 is 5.73 Å². The Bertz CT molecular complexity index is 277. The first-order valence-corrected chi connectivity index (χ1v) is 5.86. The molecule has 0 aliphatic heterocycles. The molecule has 0 spiro atoms. The molecule has 0 aromatic rings. The van der Waals surface area contributed by atoms with Crippen LogP contribution in [0.5, 0.6) is 0 Å². The van der Waals surface area contributed by atoms with E-state index in [2.05, 4.69) is 32.1 Å².